The smallest absolute Gasteiger partial charge is 0.326 e. The largest absolute Gasteiger partial charge is 0.508 e. The monoisotopic (exact) mass is 1310 g/mol. The Bertz CT molecular complexity index is 3120. The van der Waals surface area contributed by atoms with Crippen LogP contribution in [-0.2, 0) is 65.6 Å². The number of phenols is 1. The van der Waals surface area contributed by atoms with Gasteiger partial charge in [-0.3, -0.25) is 57.9 Å². The number of guanidine groups is 2. The maximum absolute atomic E-state index is 15.0. The number of nitrogens with one attached hydrogen (secondary N) is 9. The van der Waals surface area contributed by atoms with Crippen molar-refractivity contribution in [3.8, 4) is 5.75 Å². The Balaban J connectivity index is 1.57. The summed E-state index contributed by atoms with van der Waals surface area (Å²) in [5, 5.41) is 51.5. The molecule has 0 bridgehead atoms. The van der Waals surface area contributed by atoms with Crippen molar-refractivity contribution in [2.24, 2.45) is 50.5 Å². The number of para-hydroxylation sites is 1. The van der Waals surface area contributed by atoms with Gasteiger partial charge in [0.15, 0.2) is 11.9 Å². The number of nitrogens with zero attached hydrogens (tertiary/aromatic N) is 3. The van der Waals surface area contributed by atoms with E-state index in [1.54, 1.807) is 44.3 Å². The molecule has 22 N–H and O–H groups in total. The molecule has 2 aromatic carbocycles. The first-order valence-corrected chi connectivity index (χ1v) is 32.2. The SMILES string of the molecule is CC(C)[C@@H]1NC(=O)[C@@H](CCCN=C(N)N)NC(=O)[C@H](N)CSSC[C@H](C(=O)N[C@@H](Cc2c[nH]c3ccccc23)C(=O)N[C@H](CCC(=O)O)C(=O)N[C@@H](C(=O)O)C(C)C)NC(=O)[C@H]2CCCN2C(=O)[C@H](CCCN=C(N)N)NC(=O)[C@@H](Cc2ccc(O)cc2)NC1=O. The average Bonchev–Trinajstić information content (AvgIpc) is 2.26. The van der Waals surface area contributed by atoms with Gasteiger partial charge in [-0.05, 0) is 86.1 Å². The fourth-order valence-corrected chi connectivity index (χ4v) is 12.3. The molecule has 0 radical (unpaired) electrons. The van der Waals surface area contributed by atoms with Gasteiger partial charge >= 0.3 is 11.9 Å². The van der Waals surface area contributed by atoms with Crippen LogP contribution in [0.25, 0.3) is 10.9 Å². The van der Waals surface area contributed by atoms with Gasteiger partial charge in [-0.15, -0.1) is 0 Å². The van der Waals surface area contributed by atoms with Crippen LogP contribution in [0.15, 0.2) is 64.7 Å². The lowest BCUT2D eigenvalue weighted by molar-refractivity contribution is -0.144. The molecule has 2 saturated heterocycles. The third kappa shape index (κ3) is 22.9. The van der Waals surface area contributed by atoms with Crippen molar-refractivity contribution in [1.82, 2.24) is 52.4 Å². The lowest BCUT2D eigenvalue weighted by atomic mass is 9.99. The first-order chi connectivity index (χ1) is 43.1. The number of aromatic hydroxyl groups is 1. The third-order valence-electron chi connectivity index (χ3n) is 15.0. The molecule has 1 aromatic heterocycles. The van der Waals surface area contributed by atoms with Gasteiger partial charge < -0.3 is 96.4 Å². The Morgan fingerprint density at radius 1 is 0.703 bits per heavy atom. The van der Waals surface area contributed by atoms with Crippen molar-refractivity contribution in [1.29, 1.82) is 0 Å². The number of carbonyl (C=O) groups is 11. The van der Waals surface area contributed by atoms with Gasteiger partial charge in [-0.25, -0.2) is 4.79 Å². The van der Waals surface area contributed by atoms with Crippen LogP contribution in [0.3, 0.4) is 0 Å². The van der Waals surface area contributed by atoms with E-state index in [4.69, 9.17) is 28.7 Å². The van der Waals surface area contributed by atoms with Gasteiger partial charge in [0.25, 0.3) is 0 Å². The van der Waals surface area contributed by atoms with Crippen LogP contribution in [0.2, 0.25) is 0 Å². The highest BCUT2D eigenvalue weighted by atomic mass is 33.1. The molecule has 2 aliphatic rings. The first-order valence-electron chi connectivity index (χ1n) is 29.8. The number of H-pyrrole nitrogens is 1. The van der Waals surface area contributed by atoms with E-state index in [0.29, 0.717) is 22.0 Å². The lowest BCUT2D eigenvalue weighted by Crippen LogP contribution is -2.61. The number of carbonyl (C=O) groups excluding carboxylic acids is 9. The third-order valence-corrected chi connectivity index (χ3v) is 17.5. The molecule has 9 amide bonds. The van der Waals surface area contributed by atoms with Crippen molar-refractivity contribution in [2.75, 3.05) is 31.1 Å². The van der Waals surface area contributed by atoms with Crippen LogP contribution >= 0.6 is 21.6 Å². The highest BCUT2D eigenvalue weighted by Gasteiger charge is 2.41. The van der Waals surface area contributed by atoms with Gasteiger partial charge in [0.2, 0.25) is 53.2 Å². The molecule has 0 aliphatic carbocycles. The second kappa shape index (κ2) is 35.5. The number of nitrogens with two attached hydrogens (primary N) is 5. The minimum absolute atomic E-state index is 0.00516. The number of fused-ring (bicyclic) bond motifs is 2. The number of carboxylic acids is 2. The van der Waals surface area contributed by atoms with E-state index < -0.39 is 150 Å². The summed E-state index contributed by atoms with van der Waals surface area (Å²) in [7, 11) is 1.99. The highest BCUT2D eigenvalue weighted by Crippen LogP contribution is 2.26. The van der Waals surface area contributed by atoms with Gasteiger partial charge in [-0.1, -0.05) is 79.6 Å². The minimum atomic E-state index is -1.62. The number of benzene rings is 2. The van der Waals surface area contributed by atoms with Crippen LogP contribution in [0.4, 0.5) is 0 Å². The molecule has 0 spiro atoms. The van der Waals surface area contributed by atoms with Gasteiger partial charge in [-0.2, -0.15) is 0 Å². The molecule has 2 aliphatic heterocycles. The maximum atomic E-state index is 15.0. The van der Waals surface area contributed by atoms with Crippen LogP contribution < -0.4 is 71.2 Å². The number of aromatic amines is 1. The molecular formula is C58H85N17O14S2. The number of phenolic OH excluding ortho intramolecular Hbond substituents is 1. The molecule has 31 nitrogen and oxygen atoms in total. The van der Waals surface area contributed by atoms with Crippen molar-refractivity contribution < 1.29 is 68.1 Å². The number of rotatable bonds is 24. The summed E-state index contributed by atoms with van der Waals surface area (Å²) in [6, 6.07) is -1.41. The van der Waals surface area contributed by atoms with Crippen LogP contribution in [0, 0.1) is 11.8 Å². The summed E-state index contributed by atoms with van der Waals surface area (Å²) < 4.78 is 0. The molecule has 498 valence electrons. The summed E-state index contributed by atoms with van der Waals surface area (Å²) in [4.78, 5) is 167. The number of hydrogen-bond acceptors (Lipinski definition) is 17. The average molecular weight is 1310 g/mol. The predicted octanol–water partition coefficient (Wildman–Crippen LogP) is -2.38. The number of aromatic nitrogens is 1. The Morgan fingerprint density at radius 3 is 1.93 bits per heavy atom. The molecule has 3 heterocycles. The zero-order valence-corrected chi connectivity index (χ0v) is 52.7. The van der Waals surface area contributed by atoms with Gasteiger partial charge in [0.1, 0.15) is 60.1 Å². The molecule has 0 unspecified atom stereocenters. The molecule has 33 heteroatoms. The molecule has 91 heavy (non-hydrogen) atoms. The number of aliphatic carboxylic acids is 2. The Labute approximate surface area is 533 Å². The summed E-state index contributed by atoms with van der Waals surface area (Å²) in [5.41, 5.74) is 30.4. The van der Waals surface area contributed by atoms with E-state index in [1.807, 2.05) is 0 Å². The molecule has 3 aromatic rings. The van der Waals surface area contributed by atoms with E-state index in [2.05, 4.69) is 57.5 Å². The zero-order chi connectivity index (χ0) is 67.1. The van der Waals surface area contributed by atoms with E-state index in [-0.39, 0.29) is 100 Å². The quantitative estimate of drug-likeness (QED) is 0.0193. The van der Waals surface area contributed by atoms with Gasteiger partial charge in [0, 0.05) is 67.5 Å². The summed E-state index contributed by atoms with van der Waals surface area (Å²) in [6.07, 6.45) is 0.541. The predicted molar refractivity (Wildman–Crippen MR) is 341 cm³/mol. The van der Waals surface area contributed by atoms with E-state index in [9.17, 15) is 63.3 Å². The Hall–Kier alpha value is -8.85. The van der Waals surface area contributed by atoms with Crippen molar-refractivity contribution in [3.63, 3.8) is 0 Å². The molecule has 0 saturated carbocycles. The fraction of sp³-hybridized carbons (Fsp3) is 0.534. The second-order valence-corrected chi connectivity index (χ2v) is 25.3. The van der Waals surface area contributed by atoms with Crippen molar-refractivity contribution >= 4 is 110 Å². The topological polar surface area (TPSA) is 519 Å². The van der Waals surface area contributed by atoms with E-state index >= 15 is 4.79 Å². The van der Waals surface area contributed by atoms with Crippen molar-refractivity contribution in [2.45, 2.75) is 152 Å². The van der Waals surface area contributed by atoms with E-state index in [0.717, 1.165) is 21.6 Å². The Morgan fingerprint density at radius 2 is 1.31 bits per heavy atom. The Kier molecular flexibility index (Phi) is 28.4. The van der Waals surface area contributed by atoms with Crippen LogP contribution in [-0.4, -0.2) is 194 Å². The molecule has 5 rings (SSSR count). The number of carboxylic acid groups (broad SMARTS) is 2. The number of hydrogen-bond donors (Lipinski definition) is 17. The van der Waals surface area contributed by atoms with Crippen LogP contribution in [0.5, 0.6) is 5.75 Å². The van der Waals surface area contributed by atoms with Crippen LogP contribution in [0.1, 0.15) is 90.2 Å². The lowest BCUT2D eigenvalue weighted by Gasteiger charge is -2.31. The summed E-state index contributed by atoms with van der Waals surface area (Å²) in [5.74, 6) is -12.7. The maximum Gasteiger partial charge on any atom is 0.326 e. The molecular weight excluding hydrogens is 1220 g/mol. The zero-order valence-electron chi connectivity index (χ0n) is 51.1. The minimum Gasteiger partial charge on any atom is -0.508 e. The van der Waals surface area contributed by atoms with E-state index in [1.165, 1.54) is 43.0 Å². The fourth-order valence-electron chi connectivity index (χ4n) is 10.1. The molecule has 10 atom stereocenters. The first kappa shape index (κ1) is 72.9. The number of aliphatic imine (C=N–C) groups is 2. The summed E-state index contributed by atoms with van der Waals surface area (Å²) >= 11 is 0. The van der Waals surface area contributed by atoms with Crippen molar-refractivity contribution in [3.05, 3.63) is 65.9 Å². The van der Waals surface area contributed by atoms with Gasteiger partial charge in [0.05, 0.1) is 6.04 Å². The summed E-state index contributed by atoms with van der Waals surface area (Å²) in [6.45, 7) is 6.43. The highest BCUT2D eigenvalue weighted by molar-refractivity contribution is 8.76. The normalized spacial score (nSPS) is 21.7. The second-order valence-electron chi connectivity index (χ2n) is 22.8. The standard InChI is InChI=1S/C58H85N17O14S2/c1-29(2)45-54(86)71-40(24-31-15-17-33(76)18-16-31)50(82)69-39(13-8-22-65-58(62)63)55(87)75-23-9-14-43(75)53(85)72-42(28-91-90-27-35(59)47(79)67-37(48(80)73-45)12-7-21-64-57(60)61)52(84)70-41(25-32-26-66-36-11-6-5-10-34(32)36)51(83)68-38(19-20-44(77)78)49(81)74-46(30(3)4)56(88)89/h5-6,10-11,15-18,26,29-30,35,37-43,45-46,66,76H,7-9,12-14,19-25,27-28,59H2,1-4H3,(H,67,79)(H,68,83)(H,69,82)(H,70,84)(H,71,86)(H,72,85)(H,73,80)(H,74,81)(H,77,78)(H,88,89)(H4,60,61,64)(H4,62,63,65)/t35-,37-,38-,39+,40-,41+,42-,43-,45+,46-/m1/s1. The number of amides is 9. The molecule has 2 fully saturated rings.